The molecule has 0 atom stereocenters. The zero-order valence-corrected chi connectivity index (χ0v) is 8.07. The summed E-state index contributed by atoms with van der Waals surface area (Å²) in [5.74, 6) is -1.75. The Morgan fingerprint density at radius 3 is 2.75 bits per heavy atom. The second kappa shape index (κ2) is 4.53. The molecular formula is C9H6F2N2O3. The third kappa shape index (κ3) is 2.06. The molecule has 5 nitrogen and oxygen atoms in total. The Kier molecular flexibility index (Phi) is 3.35. The van der Waals surface area contributed by atoms with E-state index in [1.165, 1.54) is 6.07 Å². The molecular weight excluding hydrogens is 222 g/mol. The van der Waals surface area contributed by atoms with E-state index in [4.69, 9.17) is 5.26 Å². The van der Waals surface area contributed by atoms with Gasteiger partial charge in [0.1, 0.15) is 11.8 Å². The molecule has 1 rings (SSSR count). The van der Waals surface area contributed by atoms with Gasteiger partial charge >= 0.3 is 5.97 Å². The number of aromatic hydroxyl groups is 1. The third-order valence-corrected chi connectivity index (χ3v) is 1.75. The van der Waals surface area contributed by atoms with Crippen LogP contribution >= 0.6 is 0 Å². The first-order valence-electron chi connectivity index (χ1n) is 4.01. The summed E-state index contributed by atoms with van der Waals surface area (Å²) in [6, 6.07) is 2.04. The lowest BCUT2D eigenvalue weighted by atomic mass is 10.1. The zero-order chi connectivity index (χ0) is 12.3. The molecule has 0 spiro atoms. The number of hydrogen-bond donors (Lipinski definition) is 1. The standard InChI is InChI=1S/C9H6F2N2O3/c1-16-9(15)7-6(14)2-4(8(10)11)5(3-12)13-7/h2,8,14H,1H3. The molecule has 16 heavy (non-hydrogen) atoms. The molecule has 0 saturated heterocycles. The summed E-state index contributed by atoms with van der Waals surface area (Å²) in [7, 11) is 1.04. The van der Waals surface area contributed by atoms with Crippen molar-refractivity contribution in [2.24, 2.45) is 0 Å². The van der Waals surface area contributed by atoms with Crippen molar-refractivity contribution < 1.29 is 23.4 Å². The van der Waals surface area contributed by atoms with Crippen LogP contribution in [0.4, 0.5) is 8.78 Å². The summed E-state index contributed by atoms with van der Waals surface area (Å²) in [6.07, 6.45) is -2.96. The van der Waals surface area contributed by atoms with Crippen LogP contribution in [0.5, 0.6) is 5.75 Å². The molecule has 1 aromatic heterocycles. The average Bonchev–Trinajstić information content (AvgIpc) is 2.27. The van der Waals surface area contributed by atoms with E-state index in [0.29, 0.717) is 6.07 Å². The van der Waals surface area contributed by atoms with E-state index in [9.17, 15) is 18.7 Å². The van der Waals surface area contributed by atoms with Crippen molar-refractivity contribution in [2.45, 2.75) is 6.43 Å². The van der Waals surface area contributed by atoms with Gasteiger partial charge in [-0.15, -0.1) is 0 Å². The highest BCUT2D eigenvalue weighted by Crippen LogP contribution is 2.27. The fraction of sp³-hybridized carbons (Fsp3) is 0.222. The van der Waals surface area contributed by atoms with Crippen LogP contribution in [0, 0.1) is 11.3 Å². The molecule has 0 aliphatic heterocycles. The van der Waals surface area contributed by atoms with Crippen LogP contribution < -0.4 is 0 Å². The molecule has 0 fully saturated rings. The minimum absolute atomic E-state index is 0.566. The van der Waals surface area contributed by atoms with Crippen LogP contribution in [-0.4, -0.2) is 23.2 Å². The summed E-state index contributed by atoms with van der Waals surface area (Å²) < 4.78 is 29.0. The number of rotatable bonds is 2. The van der Waals surface area contributed by atoms with E-state index in [1.807, 2.05) is 0 Å². The summed E-state index contributed by atoms with van der Waals surface area (Å²) in [5.41, 5.74) is -1.91. The van der Waals surface area contributed by atoms with Crippen molar-refractivity contribution in [3.05, 3.63) is 23.0 Å². The molecule has 0 unspecified atom stereocenters. The Morgan fingerprint density at radius 2 is 2.31 bits per heavy atom. The van der Waals surface area contributed by atoms with Crippen LogP contribution in [0.2, 0.25) is 0 Å². The fourth-order valence-electron chi connectivity index (χ4n) is 1.02. The highest BCUT2D eigenvalue weighted by molar-refractivity contribution is 5.90. The van der Waals surface area contributed by atoms with Crippen molar-refractivity contribution >= 4 is 5.97 Å². The maximum atomic E-state index is 12.4. The van der Waals surface area contributed by atoms with Gasteiger partial charge in [-0.05, 0) is 6.07 Å². The minimum Gasteiger partial charge on any atom is -0.505 e. The Balaban J connectivity index is 3.38. The first-order chi connectivity index (χ1) is 7.51. The SMILES string of the molecule is COC(=O)c1nc(C#N)c(C(F)F)cc1O. The predicted molar refractivity (Wildman–Crippen MR) is 46.9 cm³/mol. The topological polar surface area (TPSA) is 83.2 Å². The van der Waals surface area contributed by atoms with Gasteiger partial charge < -0.3 is 9.84 Å². The number of methoxy groups -OCH3 is 1. The number of carbonyl (C=O) groups is 1. The largest absolute Gasteiger partial charge is 0.505 e. The number of esters is 1. The molecule has 0 radical (unpaired) electrons. The van der Waals surface area contributed by atoms with Gasteiger partial charge in [0.2, 0.25) is 0 Å². The van der Waals surface area contributed by atoms with Gasteiger partial charge in [0, 0.05) is 0 Å². The normalized spacial score (nSPS) is 9.94. The number of carbonyl (C=O) groups excluding carboxylic acids is 1. The van der Waals surface area contributed by atoms with Crippen molar-refractivity contribution in [1.29, 1.82) is 5.26 Å². The third-order valence-electron chi connectivity index (χ3n) is 1.75. The van der Waals surface area contributed by atoms with Gasteiger partial charge in [0.15, 0.2) is 11.4 Å². The molecule has 0 aliphatic carbocycles. The molecule has 1 heterocycles. The maximum absolute atomic E-state index is 12.4. The van der Waals surface area contributed by atoms with Crippen LogP contribution in [0.15, 0.2) is 6.07 Å². The lowest BCUT2D eigenvalue weighted by Crippen LogP contribution is -2.07. The van der Waals surface area contributed by atoms with E-state index in [-0.39, 0.29) is 0 Å². The second-order valence-corrected chi connectivity index (χ2v) is 2.70. The van der Waals surface area contributed by atoms with E-state index >= 15 is 0 Å². The van der Waals surface area contributed by atoms with Gasteiger partial charge in [0.25, 0.3) is 6.43 Å². The Bertz CT molecular complexity index is 469. The number of alkyl halides is 2. The van der Waals surface area contributed by atoms with Crippen LogP contribution in [0.25, 0.3) is 0 Å². The van der Waals surface area contributed by atoms with Crippen LogP contribution in [0.1, 0.15) is 28.2 Å². The minimum atomic E-state index is -2.96. The highest BCUT2D eigenvalue weighted by Gasteiger charge is 2.21. The number of pyridine rings is 1. The van der Waals surface area contributed by atoms with E-state index in [2.05, 4.69) is 9.72 Å². The fourth-order valence-corrected chi connectivity index (χ4v) is 1.02. The molecule has 7 heteroatoms. The molecule has 84 valence electrons. The second-order valence-electron chi connectivity index (χ2n) is 2.70. The number of nitrogens with zero attached hydrogens (tertiary/aromatic N) is 2. The summed E-state index contributed by atoms with van der Waals surface area (Å²) in [4.78, 5) is 14.4. The summed E-state index contributed by atoms with van der Waals surface area (Å²) >= 11 is 0. The Hall–Kier alpha value is -2.23. The number of halogens is 2. The van der Waals surface area contributed by atoms with Crippen LogP contribution in [-0.2, 0) is 4.74 Å². The Labute approximate surface area is 88.9 Å². The zero-order valence-electron chi connectivity index (χ0n) is 8.07. The van der Waals surface area contributed by atoms with Gasteiger partial charge in [0.05, 0.1) is 12.7 Å². The number of hydrogen-bond acceptors (Lipinski definition) is 5. The number of aromatic nitrogens is 1. The van der Waals surface area contributed by atoms with Gasteiger partial charge in [-0.3, -0.25) is 0 Å². The first-order valence-corrected chi connectivity index (χ1v) is 4.01. The van der Waals surface area contributed by atoms with Crippen molar-refractivity contribution in [3.63, 3.8) is 0 Å². The quantitative estimate of drug-likeness (QED) is 0.773. The number of nitriles is 1. The molecule has 0 aromatic carbocycles. The molecule has 0 amide bonds. The smallest absolute Gasteiger partial charge is 0.360 e. The molecule has 1 aromatic rings. The lowest BCUT2D eigenvalue weighted by molar-refractivity contribution is 0.0589. The van der Waals surface area contributed by atoms with Gasteiger partial charge in [-0.2, -0.15) is 5.26 Å². The highest BCUT2D eigenvalue weighted by atomic mass is 19.3. The van der Waals surface area contributed by atoms with E-state index in [1.54, 1.807) is 0 Å². The maximum Gasteiger partial charge on any atom is 0.360 e. The number of ether oxygens (including phenoxy) is 1. The van der Waals surface area contributed by atoms with Crippen molar-refractivity contribution in [3.8, 4) is 11.8 Å². The monoisotopic (exact) mass is 228 g/mol. The molecule has 1 N–H and O–H groups in total. The van der Waals surface area contributed by atoms with E-state index < -0.39 is 35.1 Å². The average molecular weight is 228 g/mol. The van der Waals surface area contributed by atoms with Gasteiger partial charge in [-0.25, -0.2) is 18.6 Å². The Morgan fingerprint density at radius 1 is 1.69 bits per heavy atom. The summed E-state index contributed by atoms with van der Waals surface area (Å²) in [6.45, 7) is 0. The molecule has 0 aliphatic rings. The lowest BCUT2D eigenvalue weighted by Gasteiger charge is -2.06. The van der Waals surface area contributed by atoms with E-state index in [0.717, 1.165) is 7.11 Å². The summed E-state index contributed by atoms with van der Waals surface area (Å²) in [5, 5.41) is 17.8. The van der Waals surface area contributed by atoms with Gasteiger partial charge in [-0.1, -0.05) is 0 Å². The molecule has 0 saturated carbocycles. The van der Waals surface area contributed by atoms with Crippen LogP contribution in [0.3, 0.4) is 0 Å². The predicted octanol–water partition coefficient (Wildman–Crippen LogP) is 1.38. The van der Waals surface area contributed by atoms with Crippen molar-refractivity contribution in [1.82, 2.24) is 4.98 Å². The first kappa shape index (κ1) is 11.8. The molecule has 0 bridgehead atoms. The van der Waals surface area contributed by atoms with Crippen molar-refractivity contribution in [2.75, 3.05) is 7.11 Å².